The summed E-state index contributed by atoms with van der Waals surface area (Å²) in [5.41, 5.74) is 0. The molecule has 0 radical (unpaired) electrons. The fraction of sp³-hybridized carbons (Fsp3) is 0. The van der Waals surface area contributed by atoms with Crippen molar-refractivity contribution in [2.45, 2.75) is 0 Å². The summed E-state index contributed by atoms with van der Waals surface area (Å²) in [7, 11) is 0. The van der Waals surface area contributed by atoms with E-state index in [4.69, 9.17) is 46.4 Å². The standard InChI is InChI=1S/C14H6Cl4/c15-9-5-1-3-7-11(9)12-8(14(18)13(7)17)4-2-6-10(12)16/h1-6H. The zero-order chi connectivity index (χ0) is 12.9. The van der Waals surface area contributed by atoms with Crippen LogP contribution in [0.3, 0.4) is 0 Å². The SMILES string of the molecule is Clc1c(Cl)c2cccc(Cl)c2c2c(Cl)cccc12. The largest absolute Gasteiger partial charge is 0.0836 e. The summed E-state index contributed by atoms with van der Waals surface area (Å²) in [5, 5.41) is 5.55. The van der Waals surface area contributed by atoms with Crippen molar-refractivity contribution < 1.29 is 0 Å². The Morgan fingerprint density at radius 3 is 1.33 bits per heavy atom. The first-order chi connectivity index (χ1) is 8.61. The molecule has 0 heterocycles. The quantitative estimate of drug-likeness (QED) is 0.410. The predicted molar refractivity (Wildman–Crippen MR) is 81.5 cm³/mol. The van der Waals surface area contributed by atoms with Crippen molar-refractivity contribution >= 4 is 67.9 Å². The maximum absolute atomic E-state index is 6.30. The van der Waals surface area contributed by atoms with Gasteiger partial charge in [0.05, 0.1) is 10.0 Å². The summed E-state index contributed by atoms with van der Waals surface area (Å²) in [6.07, 6.45) is 0. The second-order valence-corrected chi connectivity index (χ2v) is 5.52. The van der Waals surface area contributed by atoms with Gasteiger partial charge in [0.2, 0.25) is 0 Å². The van der Waals surface area contributed by atoms with Crippen molar-refractivity contribution in [3.63, 3.8) is 0 Å². The van der Waals surface area contributed by atoms with Gasteiger partial charge >= 0.3 is 0 Å². The highest BCUT2D eigenvalue weighted by atomic mass is 35.5. The molecule has 0 unspecified atom stereocenters. The van der Waals surface area contributed by atoms with E-state index in [0.717, 1.165) is 21.5 Å². The minimum absolute atomic E-state index is 0.504. The number of hydrogen-bond acceptors (Lipinski definition) is 0. The van der Waals surface area contributed by atoms with Crippen LogP contribution in [0.15, 0.2) is 36.4 Å². The molecule has 0 spiro atoms. The molecule has 0 fully saturated rings. The Morgan fingerprint density at radius 2 is 0.944 bits per heavy atom. The van der Waals surface area contributed by atoms with E-state index >= 15 is 0 Å². The number of hydrogen-bond donors (Lipinski definition) is 0. The molecule has 0 aliphatic rings. The average Bonchev–Trinajstić information content (AvgIpc) is 2.36. The first kappa shape index (κ1) is 12.4. The Labute approximate surface area is 124 Å². The Balaban J connectivity index is 2.75. The molecule has 0 saturated carbocycles. The molecule has 0 nitrogen and oxygen atoms in total. The molecule has 3 rings (SSSR count). The monoisotopic (exact) mass is 314 g/mol. The zero-order valence-electron chi connectivity index (χ0n) is 8.98. The normalized spacial score (nSPS) is 11.3. The number of fused-ring (bicyclic) bond motifs is 3. The molecular formula is C14H6Cl4. The van der Waals surface area contributed by atoms with Gasteiger partial charge in [0.25, 0.3) is 0 Å². The fourth-order valence-electron chi connectivity index (χ4n) is 2.16. The van der Waals surface area contributed by atoms with Crippen LogP contribution in [0, 0.1) is 0 Å². The molecule has 0 amide bonds. The third-order valence-electron chi connectivity index (χ3n) is 2.94. The summed E-state index contributed by atoms with van der Waals surface area (Å²) in [5.74, 6) is 0. The number of benzene rings is 3. The lowest BCUT2D eigenvalue weighted by atomic mass is 10.0. The third kappa shape index (κ3) is 1.68. The molecule has 18 heavy (non-hydrogen) atoms. The highest BCUT2D eigenvalue weighted by Crippen LogP contribution is 2.43. The van der Waals surface area contributed by atoms with Gasteiger partial charge in [0.15, 0.2) is 0 Å². The van der Waals surface area contributed by atoms with Gasteiger partial charge in [-0.2, -0.15) is 0 Å². The van der Waals surface area contributed by atoms with Gasteiger partial charge in [-0.1, -0.05) is 70.7 Å². The molecule has 0 saturated heterocycles. The summed E-state index contributed by atoms with van der Waals surface area (Å²) in [6, 6.07) is 11.1. The van der Waals surface area contributed by atoms with Crippen molar-refractivity contribution in [2.75, 3.05) is 0 Å². The van der Waals surface area contributed by atoms with Gasteiger partial charge in [-0.3, -0.25) is 0 Å². The van der Waals surface area contributed by atoms with Gasteiger partial charge in [0.1, 0.15) is 0 Å². The molecule has 0 aliphatic carbocycles. The molecule has 90 valence electrons. The van der Waals surface area contributed by atoms with Crippen LogP contribution in [0.5, 0.6) is 0 Å². The predicted octanol–water partition coefficient (Wildman–Crippen LogP) is 6.61. The van der Waals surface area contributed by atoms with Gasteiger partial charge in [0, 0.05) is 31.6 Å². The lowest BCUT2D eigenvalue weighted by Crippen LogP contribution is -1.84. The Morgan fingerprint density at radius 1 is 0.556 bits per heavy atom. The van der Waals surface area contributed by atoms with E-state index in [1.807, 2.05) is 36.4 Å². The molecule has 0 atom stereocenters. The topological polar surface area (TPSA) is 0 Å². The second-order valence-electron chi connectivity index (χ2n) is 3.95. The van der Waals surface area contributed by atoms with Crippen molar-refractivity contribution in [1.29, 1.82) is 0 Å². The first-order valence-electron chi connectivity index (χ1n) is 5.24. The molecule has 0 aliphatic heterocycles. The second kappa shape index (κ2) is 4.47. The first-order valence-corrected chi connectivity index (χ1v) is 6.76. The Bertz CT molecular complexity index is 711. The summed E-state index contributed by atoms with van der Waals surface area (Å²) < 4.78 is 0. The fourth-order valence-corrected chi connectivity index (χ4v) is 3.22. The summed E-state index contributed by atoms with van der Waals surface area (Å²) >= 11 is 25.1. The van der Waals surface area contributed by atoms with Crippen molar-refractivity contribution in [2.24, 2.45) is 0 Å². The van der Waals surface area contributed by atoms with Crippen LogP contribution in [-0.2, 0) is 0 Å². The van der Waals surface area contributed by atoms with E-state index in [9.17, 15) is 0 Å². The number of rotatable bonds is 0. The molecular weight excluding hydrogens is 310 g/mol. The van der Waals surface area contributed by atoms with E-state index in [-0.39, 0.29) is 0 Å². The highest BCUT2D eigenvalue weighted by molar-refractivity contribution is 6.52. The van der Waals surface area contributed by atoms with E-state index in [0.29, 0.717) is 20.1 Å². The molecule has 0 N–H and O–H groups in total. The minimum atomic E-state index is 0.504. The van der Waals surface area contributed by atoms with Gasteiger partial charge in [-0.05, 0) is 12.1 Å². The molecule has 3 aromatic carbocycles. The minimum Gasteiger partial charge on any atom is -0.0836 e. The van der Waals surface area contributed by atoms with E-state index in [1.165, 1.54) is 0 Å². The van der Waals surface area contributed by atoms with Gasteiger partial charge in [-0.15, -0.1) is 0 Å². The van der Waals surface area contributed by atoms with Crippen LogP contribution in [-0.4, -0.2) is 0 Å². The lowest BCUT2D eigenvalue weighted by molar-refractivity contribution is 1.76. The molecule has 0 bridgehead atoms. The van der Waals surface area contributed by atoms with Crippen LogP contribution < -0.4 is 0 Å². The van der Waals surface area contributed by atoms with E-state index in [1.54, 1.807) is 0 Å². The van der Waals surface area contributed by atoms with Crippen molar-refractivity contribution in [3.8, 4) is 0 Å². The van der Waals surface area contributed by atoms with Crippen LogP contribution >= 0.6 is 46.4 Å². The van der Waals surface area contributed by atoms with Crippen LogP contribution in [0.2, 0.25) is 20.1 Å². The van der Waals surface area contributed by atoms with Crippen molar-refractivity contribution in [1.82, 2.24) is 0 Å². The van der Waals surface area contributed by atoms with Crippen LogP contribution in [0.25, 0.3) is 21.5 Å². The maximum Gasteiger partial charge on any atom is 0.0677 e. The van der Waals surface area contributed by atoms with Gasteiger partial charge < -0.3 is 0 Å². The van der Waals surface area contributed by atoms with Crippen LogP contribution in [0.4, 0.5) is 0 Å². The summed E-state index contributed by atoms with van der Waals surface area (Å²) in [6.45, 7) is 0. The third-order valence-corrected chi connectivity index (χ3v) is 4.45. The highest BCUT2D eigenvalue weighted by Gasteiger charge is 2.15. The molecule has 4 heteroatoms. The van der Waals surface area contributed by atoms with Crippen LogP contribution in [0.1, 0.15) is 0 Å². The lowest BCUT2D eigenvalue weighted by Gasteiger charge is -2.11. The van der Waals surface area contributed by atoms with Crippen molar-refractivity contribution in [3.05, 3.63) is 56.5 Å². The summed E-state index contributed by atoms with van der Waals surface area (Å²) in [4.78, 5) is 0. The van der Waals surface area contributed by atoms with E-state index < -0.39 is 0 Å². The molecule has 0 aromatic heterocycles. The maximum atomic E-state index is 6.30. The Kier molecular flexibility index (Phi) is 3.07. The zero-order valence-corrected chi connectivity index (χ0v) is 12.0. The van der Waals surface area contributed by atoms with E-state index in [2.05, 4.69) is 0 Å². The van der Waals surface area contributed by atoms with Gasteiger partial charge in [-0.25, -0.2) is 0 Å². The Hall–Kier alpha value is -0.660. The number of halogens is 4. The molecule has 3 aromatic rings. The average molecular weight is 316 g/mol. The smallest absolute Gasteiger partial charge is 0.0677 e.